The van der Waals surface area contributed by atoms with Crippen LogP contribution in [0.1, 0.15) is 17.5 Å². The molecule has 0 bridgehead atoms. The molecule has 3 rings (SSSR count). The molecule has 0 saturated heterocycles. The van der Waals surface area contributed by atoms with E-state index in [1.807, 2.05) is 6.07 Å². The van der Waals surface area contributed by atoms with Gasteiger partial charge in [-0.1, -0.05) is 42.5 Å². The van der Waals surface area contributed by atoms with Crippen molar-refractivity contribution in [1.29, 1.82) is 0 Å². The summed E-state index contributed by atoms with van der Waals surface area (Å²) in [6, 6.07) is 19.0. The van der Waals surface area contributed by atoms with Crippen LogP contribution in [0.2, 0.25) is 0 Å². The molecular weight excluding hydrogens is 206 g/mol. The second kappa shape index (κ2) is 4.46. The zero-order valence-corrected chi connectivity index (χ0v) is 9.69. The topological polar surface area (TPSA) is 12.0 Å². The largest absolute Gasteiger partial charge is 0.359 e. The van der Waals surface area contributed by atoms with Crippen molar-refractivity contribution in [2.24, 2.45) is 0 Å². The summed E-state index contributed by atoms with van der Waals surface area (Å²) < 4.78 is 0. The molecule has 0 unspecified atom stereocenters. The molecule has 0 atom stereocenters. The van der Waals surface area contributed by atoms with Gasteiger partial charge in [-0.2, -0.15) is 0 Å². The van der Waals surface area contributed by atoms with Gasteiger partial charge >= 0.3 is 0 Å². The molecule has 0 spiro atoms. The zero-order valence-electron chi connectivity index (χ0n) is 9.69. The molecule has 1 N–H and O–H groups in total. The van der Waals surface area contributed by atoms with E-state index in [9.17, 15) is 0 Å². The molecular formula is C16H15N. The zero-order chi connectivity index (χ0) is 11.5. The fourth-order valence-electron chi connectivity index (χ4n) is 2.24. The minimum absolute atomic E-state index is 1.09. The summed E-state index contributed by atoms with van der Waals surface area (Å²) in [5.41, 5.74) is 5.26. The van der Waals surface area contributed by atoms with E-state index < -0.39 is 0 Å². The number of hydrogen-bond donors (Lipinski definition) is 1. The van der Waals surface area contributed by atoms with Gasteiger partial charge in [0.2, 0.25) is 0 Å². The van der Waals surface area contributed by atoms with Crippen LogP contribution in [0.3, 0.4) is 0 Å². The van der Waals surface area contributed by atoms with Crippen LogP contribution in [0.15, 0.2) is 60.3 Å². The van der Waals surface area contributed by atoms with Crippen molar-refractivity contribution in [1.82, 2.24) is 0 Å². The first-order valence-electron chi connectivity index (χ1n) is 6.02. The standard InChI is InChI=1S/C16H15N/c1-2-8-15(9-3-1)17-16-11-10-13-6-4-5-7-14(13)12-16/h1-9,12,17H,10-11H2. The van der Waals surface area contributed by atoms with Gasteiger partial charge in [-0.15, -0.1) is 0 Å². The number of allylic oxidation sites excluding steroid dienone is 1. The molecule has 0 fully saturated rings. The summed E-state index contributed by atoms with van der Waals surface area (Å²) in [6.45, 7) is 0. The SMILES string of the molecule is C1=C(Nc2ccccc2)CCc2ccccc21. The lowest BCUT2D eigenvalue weighted by molar-refractivity contribution is 0.932. The Morgan fingerprint density at radius 1 is 0.765 bits per heavy atom. The van der Waals surface area contributed by atoms with E-state index in [0.29, 0.717) is 0 Å². The Hall–Kier alpha value is -2.02. The van der Waals surface area contributed by atoms with Crippen LogP contribution in [0, 0.1) is 0 Å². The highest BCUT2D eigenvalue weighted by molar-refractivity contribution is 5.64. The molecule has 1 aliphatic rings. The number of aryl methyl sites for hydroxylation is 1. The number of anilines is 1. The first-order chi connectivity index (χ1) is 8.42. The molecule has 84 valence electrons. The third-order valence-electron chi connectivity index (χ3n) is 3.13. The Morgan fingerprint density at radius 3 is 2.41 bits per heavy atom. The van der Waals surface area contributed by atoms with Crippen LogP contribution in [-0.4, -0.2) is 0 Å². The molecule has 0 aromatic heterocycles. The molecule has 1 heteroatoms. The van der Waals surface area contributed by atoms with Crippen molar-refractivity contribution < 1.29 is 0 Å². The lowest BCUT2D eigenvalue weighted by Gasteiger charge is -2.17. The molecule has 1 aliphatic carbocycles. The van der Waals surface area contributed by atoms with Crippen molar-refractivity contribution in [3.63, 3.8) is 0 Å². The minimum Gasteiger partial charge on any atom is -0.359 e. The predicted octanol–water partition coefficient (Wildman–Crippen LogP) is 4.09. The van der Waals surface area contributed by atoms with E-state index in [2.05, 4.69) is 59.9 Å². The summed E-state index contributed by atoms with van der Waals surface area (Å²) in [7, 11) is 0. The molecule has 17 heavy (non-hydrogen) atoms. The Labute approximate surface area is 102 Å². The van der Waals surface area contributed by atoms with Crippen molar-refractivity contribution in [3.05, 3.63) is 71.4 Å². The van der Waals surface area contributed by atoms with E-state index in [4.69, 9.17) is 0 Å². The van der Waals surface area contributed by atoms with Crippen LogP contribution >= 0.6 is 0 Å². The molecule has 0 radical (unpaired) electrons. The molecule has 0 aliphatic heterocycles. The lowest BCUT2D eigenvalue weighted by Crippen LogP contribution is -2.06. The molecule has 0 amide bonds. The molecule has 0 saturated carbocycles. The Bertz CT molecular complexity index is 540. The first kappa shape index (κ1) is 10.2. The van der Waals surface area contributed by atoms with E-state index in [0.717, 1.165) is 18.5 Å². The second-order valence-electron chi connectivity index (χ2n) is 4.36. The quantitative estimate of drug-likeness (QED) is 0.805. The summed E-state index contributed by atoms with van der Waals surface area (Å²) in [6.07, 6.45) is 4.47. The maximum Gasteiger partial charge on any atom is 0.0381 e. The Morgan fingerprint density at radius 2 is 1.53 bits per heavy atom. The van der Waals surface area contributed by atoms with Crippen LogP contribution in [0.25, 0.3) is 6.08 Å². The van der Waals surface area contributed by atoms with Gasteiger partial charge in [-0.25, -0.2) is 0 Å². The normalized spacial score (nSPS) is 13.8. The summed E-state index contributed by atoms with van der Waals surface area (Å²) in [5.74, 6) is 0. The second-order valence-corrected chi connectivity index (χ2v) is 4.36. The van der Waals surface area contributed by atoms with Crippen molar-refractivity contribution >= 4 is 11.8 Å². The summed E-state index contributed by atoms with van der Waals surface area (Å²) in [4.78, 5) is 0. The van der Waals surface area contributed by atoms with Crippen LogP contribution < -0.4 is 5.32 Å². The maximum atomic E-state index is 3.48. The molecule has 1 nitrogen and oxygen atoms in total. The number of para-hydroxylation sites is 1. The van der Waals surface area contributed by atoms with Gasteiger partial charge in [0.1, 0.15) is 0 Å². The number of hydrogen-bond acceptors (Lipinski definition) is 1. The van der Waals surface area contributed by atoms with Gasteiger partial charge in [-0.3, -0.25) is 0 Å². The Kier molecular flexibility index (Phi) is 2.66. The van der Waals surface area contributed by atoms with Crippen LogP contribution in [-0.2, 0) is 6.42 Å². The average molecular weight is 221 g/mol. The third-order valence-corrected chi connectivity index (χ3v) is 3.13. The van der Waals surface area contributed by atoms with Crippen LogP contribution in [0.5, 0.6) is 0 Å². The van der Waals surface area contributed by atoms with E-state index in [1.165, 1.54) is 16.8 Å². The number of fused-ring (bicyclic) bond motifs is 1. The summed E-state index contributed by atoms with van der Waals surface area (Å²) >= 11 is 0. The average Bonchev–Trinajstić information content (AvgIpc) is 2.40. The van der Waals surface area contributed by atoms with Gasteiger partial charge in [0, 0.05) is 11.4 Å². The maximum absolute atomic E-state index is 3.48. The van der Waals surface area contributed by atoms with E-state index in [-0.39, 0.29) is 0 Å². The smallest absolute Gasteiger partial charge is 0.0381 e. The lowest BCUT2D eigenvalue weighted by atomic mass is 9.95. The van der Waals surface area contributed by atoms with Crippen molar-refractivity contribution in [2.45, 2.75) is 12.8 Å². The van der Waals surface area contributed by atoms with Gasteiger partial charge in [0.15, 0.2) is 0 Å². The molecule has 2 aromatic rings. The predicted molar refractivity (Wildman–Crippen MR) is 72.8 cm³/mol. The molecule has 0 heterocycles. The fourth-order valence-corrected chi connectivity index (χ4v) is 2.24. The minimum atomic E-state index is 1.09. The van der Waals surface area contributed by atoms with Gasteiger partial charge in [0.25, 0.3) is 0 Å². The fraction of sp³-hybridized carbons (Fsp3) is 0.125. The van der Waals surface area contributed by atoms with Gasteiger partial charge < -0.3 is 5.32 Å². The number of rotatable bonds is 2. The van der Waals surface area contributed by atoms with E-state index in [1.54, 1.807) is 0 Å². The summed E-state index contributed by atoms with van der Waals surface area (Å²) in [5, 5.41) is 3.48. The van der Waals surface area contributed by atoms with Crippen molar-refractivity contribution in [3.8, 4) is 0 Å². The Balaban J connectivity index is 1.85. The monoisotopic (exact) mass is 221 g/mol. The number of nitrogens with one attached hydrogen (secondary N) is 1. The highest BCUT2D eigenvalue weighted by Gasteiger charge is 2.09. The van der Waals surface area contributed by atoms with Gasteiger partial charge in [0.05, 0.1) is 0 Å². The van der Waals surface area contributed by atoms with Crippen molar-refractivity contribution in [2.75, 3.05) is 5.32 Å². The first-order valence-corrected chi connectivity index (χ1v) is 6.02. The highest BCUT2D eigenvalue weighted by atomic mass is 14.9. The molecule has 2 aromatic carbocycles. The highest BCUT2D eigenvalue weighted by Crippen LogP contribution is 2.24. The third kappa shape index (κ3) is 2.23. The van der Waals surface area contributed by atoms with Gasteiger partial charge in [-0.05, 0) is 42.2 Å². The van der Waals surface area contributed by atoms with Crippen LogP contribution in [0.4, 0.5) is 5.69 Å². The number of benzene rings is 2. The van der Waals surface area contributed by atoms with E-state index >= 15 is 0 Å².